The minimum atomic E-state index is 0.690. The number of rotatable bonds is 9. The molecule has 0 fully saturated rings. The lowest BCUT2D eigenvalue weighted by Gasteiger charge is -2.23. The van der Waals surface area contributed by atoms with Crippen molar-refractivity contribution in [1.82, 2.24) is 5.32 Å². The molecular weight excluding hydrogens is 182 g/mol. The average Bonchev–Trinajstić information content (AvgIpc) is 2.15. The first-order valence-corrected chi connectivity index (χ1v) is 6.86. The smallest absolute Gasteiger partial charge is 0.00693 e. The van der Waals surface area contributed by atoms with Crippen LogP contribution in [0.1, 0.15) is 73.1 Å². The van der Waals surface area contributed by atoms with Crippen molar-refractivity contribution in [3.63, 3.8) is 0 Å². The van der Waals surface area contributed by atoms with Crippen LogP contribution in [0, 0.1) is 5.92 Å². The van der Waals surface area contributed by atoms with E-state index in [1.165, 1.54) is 38.5 Å². The van der Waals surface area contributed by atoms with Gasteiger partial charge in [0, 0.05) is 12.1 Å². The Labute approximate surface area is 97.0 Å². The molecule has 0 heterocycles. The molecule has 0 radical (unpaired) electrons. The minimum absolute atomic E-state index is 0.690. The van der Waals surface area contributed by atoms with Crippen LogP contribution in [0.15, 0.2) is 0 Å². The van der Waals surface area contributed by atoms with E-state index in [0.717, 1.165) is 12.0 Å². The molecule has 1 unspecified atom stereocenters. The Morgan fingerprint density at radius 3 is 1.73 bits per heavy atom. The van der Waals surface area contributed by atoms with Crippen LogP contribution in [0.2, 0.25) is 0 Å². The molecule has 0 aliphatic heterocycles. The molecule has 1 atom stereocenters. The lowest BCUT2D eigenvalue weighted by Crippen LogP contribution is -2.36. The van der Waals surface area contributed by atoms with Crippen LogP contribution in [0.4, 0.5) is 0 Å². The van der Waals surface area contributed by atoms with Crippen LogP contribution in [0.5, 0.6) is 0 Å². The van der Waals surface area contributed by atoms with E-state index in [1.54, 1.807) is 0 Å². The van der Waals surface area contributed by atoms with E-state index in [-0.39, 0.29) is 0 Å². The Morgan fingerprint density at radius 2 is 1.33 bits per heavy atom. The third-order valence-electron chi connectivity index (χ3n) is 2.97. The molecule has 1 nitrogen and oxygen atoms in total. The predicted molar refractivity (Wildman–Crippen MR) is 70.3 cm³/mol. The lowest BCUT2D eigenvalue weighted by atomic mass is 10.0. The van der Waals surface area contributed by atoms with Gasteiger partial charge in [0.15, 0.2) is 0 Å². The second-order valence-corrected chi connectivity index (χ2v) is 5.31. The summed E-state index contributed by atoms with van der Waals surface area (Å²) in [4.78, 5) is 0. The van der Waals surface area contributed by atoms with Crippen molar-refractivity contribution in [2.75, 3.05) is 0 Å². The molecule has 0 bridgehead atoms. The standard InChI is InChI=1S/C14H31N/c1-6-8-14(9-7-2)15-13(5)11-10-12(3)4/h12-15H,6-11H2,1-5H3. The monoisotopic (exact) mass is 213 g/mol. The van der Waals surface area contributed by atoms with Crippen molar-refractivity contribution in [3.8, 4) is 0 Å². The van der Waals surface area contributed by atoms with Crippen molar-refractivity contribution >= 4 is 0 Å². The summed E-state index contributed by atoms with van der Waals surface area (Å²) in [5.74, 6) is 0.838. The molecular formula is C14H31N. The van der Waals surface area contributed by atoms with Crippen LogP contribution < -0.4 is 5.32 Å². The van der Waals surface area contributed by atoms with Crippen molar-refractivity contribution in [2.24, 2.45) is 5.92 Å². The predicted octanol–water partition coefficient (Wildman–Crippen LogP) is 4.37. The van der Waals surface area contributed by atoms with Gasteiger partial charge in [-0.1, -0.05) is 40.5 Å². The van der Waals surface area contributed by atoms with Gasteiger partial charge in [0.05, 0.1) is 0 Å². The van der Waals surface area contributed by atoms with Crippen molar-refractivity contribution in [1.29, 1.82) is 0 Å². The number of hydrogen-bond donors (Lipinski definition) is 1. The summed E-state index contributed by atoms with van der Waals surface area (Å²) in [6.07, 6.45) is 7.93. The van der Waals surface area contributed by atoms with E-state index < -0.39 is 0 Å². The summed E-state index contributed by atoms with van der Waals surface area (Å²) >= 11 is 0. The SMILES string of the molecule is CCCC(CCC)NC(C)CCC(C)C. The van der Waals surface area contributed by atoms with Gasteiger partial charge >= 0.3 is 0 Å². The molecule has 0 aliphatic rings. The van der Waals surface area contributed by atoms with Crippen molar-refractivity contribution in [3.05, 3.63) is 0 Å². The van der Waals surface area contributed by atoms with E-state index in [2.05, 4.69) is 39.9 Å². The fourth-order valence-electron chi connectivity index (χ4n) is 2.08. The van der Waals surface area contributed by atoms with E-state index >= 15 is 0 Å². The van der Waals surface area contributed by atoms with Gasteiger partial charge in [0.2, 0.25) is 0 Å². The molecule has 0 aromatic rings. The first-order valence-electron chi connectivity index (χ1n) is 6.86. The van der Waals surface area contributed by atoms with Gasteiger partial charge in [-0.3, -0.25) is 0 Å². The zero-order chi connectivity index (χ0) is 11.7. The Kier molecular flexibility index (Phi) is 9.18. The minimum Gasteiger partial charge on any atom is -0.312 e. The highest BCUT2D eigenvalue weighted by Gasteiger charge is 2.10. The van der Waals surface area contributed by atoms with Gasteiger partial charge in [0.1, 0.15) is 0 Å². The maximum atomic E-state index is 3.77. The fourth-order valence-corrected chi connectivity index (χ4v) is 2.08. The molecule has 1 N–H and O–H groups in total. The Balaban J connectivity index is 3.72. The molecule has 0 rings (SSSR count). The molecule has 0 saturated heterocycles. The van der Waals surface area contributed by atoms with Crippen LogP contribution in [0.25, 0.3) is 0 Å². The Bertz CT molecular complexity index is 125. The normalized spacial score (nSPS) is 13.8. The lowest BCUT2D eigenvalue weighted by molar-refractivity contribution is 0.367. The molecule has 0 amide bonds. The number of hydrogen-bond acceptors (Lipinski definition) is 1. The zero-order valence-electron chi connectivity index (χ0n) is 11.5. The second-order valence-electron chi connectivity index (χ2n) is 5.31. The van der Waals surface area contributed by atoms with Crippen molar-refractivity contribution in [2.45, 2.75) is 85.2 Å². The third kappa shape index (κ3) is 8.92. The Hall–Kier alpha value is -0.0400. The molecule has 0 aliphatic carbocycles. The quantitative estimate of drug-likeness (QED) is 0.600. The third-order valence-corrected chi connectivity index (χ3v) is 2.97. The van der Waals surface area contributed by atoms with Gasteiger partial charge in [-0.05, 0) is 38.5 Å². The van der Waals surface area contributed by atoms with Crippen molar-refractivity contribution < 1.29 is 0 Å². The molecule has 0 aromatic heterocycles. The van der Waals surface area contributed by atoms with Gasteiger partial charge in [-0.15, -0.1) is 0 Å². The maximum Gasteiger partial charge on any atom is 0.00693 e. The summed E-state index contributed by atoms with van der Waals surface area (Å²) in [5.41, 5.74) is 0. The topological polar surface area (TPSA) is 12.0 Å². The summed E-state index contributed by atoms with van der Waals surface area (Å²) in [7, 11) is 0. The molecule has 0 aromatic carbocycles. The largest absolute Gasteiger partial charge is 0.312 e. The summed E-state index contributed by atoms with van der Waals surface area (Å²) in [6, 6.07) is 1.44. The van der Waals surface area contributed by atoms with E-state index in [1.807, 2.05) is 0 Å². The molecule has 92 valence electrons. The van der Waals surface area contributed by atoms with E-state index in [4.69, 9.17) is 0 Å². The van der Waals surface area contributed by atoms with Gasteiger partial charge < -0.3 is 5.32 Å². The molecule has 0 spiro atoms. The number of nitrogens with one attached hydrogen (secondary N) is 1. The highest BCUT2D eigenvalue weighted by molar-refractivity contribution is 4.71. The highest BCUT2D eigenvalue weighted by atomic mass is 14.9. The van der Waals surface area contributed by atoms with Gasteiger partial charge in [-0.25, -0.2) is 0 Å². The molecule has 0 saturated carbocycles. The van der Waals surface area contributed by atoms with Crippen LogP contribution >= 0.6 is 0 Å². The second kappa shape index (κ2) is 9.21. The fraction of sp³-hybridized carbons (Fsp3) is 1.00. The van der Waals surface area contributed by atoms with Crippen LogP contribution in [-0.2, 0) is 0 Å². The maximum absolute atomic E-state index is 3.77. The summed E-state index contributed by atoms with van der Waals surface area (Å²) in [5, 5.41) is 3.77. The zero-order valence-corrected chi connectivity index (χ0v) is 11.5. The summed E-state index contributed by atoms with van der Waals surface area (Å²) in [6.45, 7) is 11.5. The van der Waals surface area contributed by atoms with E-state index in [0.29, 0.717) is 6.04 Å². The molecule has 1 heteroatoms. The molecule has 15 heavy (non-hydrogen) atoms. The van der Waals surface area contributed by atoms with E-state index in [9.17, 15) is 0 Å². The first-order chi connectivity index (χ1) is 7.10. The van der Waals surface area contributed by atoms with Gasteiger partial charge in [0.25, 0.3) is 0 Å². The average molecular weight is 213 g/mol. The van der Waals surface area contributed by atoms with Crippen LogP contribution in [0.3, 0.4) is 0 Å². The van der Waals surface area contributed by atoms with Crippen LogP contribution in [-0.4, -0.2) is 12.1 Å². The van der Waals surface area contributed by atoms with Gasteiger partial charge in [-0.2, -0.15) is 0 Å². The summed E-state index contributed by atoms with van der Waals surface area (Å²) < 4.78 is 0. The first kappa shape index (κ1) is 15.0. The Morgan fingerprint density at radius 1 is 0.800 bits per heavy atom. The highest BCUT2D eigenvalue weighted by Crippen LogP contribution is 2.10.